The summed E-state index contributed by atoms with van der Waals surface area (Å²) in [5, 5.41) is 71.0. The molecule has 0 aromatic heterocycles. The van der Waals surface area contributed by atoms with Crippen LogP contribution in [0, 0.1) is 28.6 Å². The Labute approximate surface area is 579 Å². The number of carbonyl (C=O) groups excluding carboxylic acids is 13. The van der Waals surface area contributed by atoms with Gasteiger partial charge in [-0.2, -0.15) is 0 Å². The number of carbonyl (C=O) groups is 13. The van der Waals surface area contributed by atoms with E-state index in [9.17, 15) is 68.4 Å². The topological polar surface area (TPSA) is 544 Å². The number of nitrogens with two attached hydrogens (primary N) is 3. The van der Waals surface area contributed by atoms with Gasteiger partial charge in [0.1, 0.15) is 60.0 Å². The summed E-state index contributed by atoms with van der Waals surface area (Å²) in [5.74, 6) is -17.6. The lowest BCUT2D eigenvalue weighted by atomic mass is 9.86. The number of ether oxygens (including phenoxy) is 2. The summed E-state index contributed by atoms with van der Waals surface area (Å²) in [4.78, 5) is 190. The predicted molar refractivity (Wildman–Crippen MR) is 361 cm³/mol. The minimum absolute atomic E-state index is 0.0228. The SMILES string of the molecule is [2H]CC(C)(C)C[C@H](NC(=O)OC(C)(C)C)C(=O)N[C@@H](CC(C)(C)C)C(=O)N[C@@H]1C(=O)N[C@@H]([C@H](O)C(C)C)C(=O)N[C@@H](CC(C)C)C(=O)N[C@H](CCCN=C(N)N)C(=O)N[C@@H]([C@@H](C)CC)C(=O)N[C@@H]([C@H](C)O)C(=O)NCC(=O)N[C@@H]([C@H](O)C(N)=O)C(=O)N[C@@H](CO)C(=O)O[C@@H]1c1ccccc1. The standard InChI is InChI=1S/C65H109N15O19/c1-17-33(6)42-56(92)78-43(34(7)82)55(91)70-29-41(83)76-45(48(85)50(66)86)58(94)74-40(30-81)60(96)98-49(35-22-19-18-20-23-35)46(80-54(90)38(27-63(8,9)10)73-53(89)39(28-64(11,12)13)75-62(97)99-65(14,15)16)59(95)79-44(47(84)32(4)5)57(93)72-37(26-31(2)3)52(88)71-36(51(87)77-42)24-21-25-69-61(67)68/h18-20,22-23,31-34,36-40,42-49,81-82,84-85H,17,21,24-30H2,1-16H3,(H2,66,86)(H,70,91)(H,71,88)(H,72,93)(H,73,89)(H,74,94)(H,75,97)(H,76,83)(H,77,87)(H,78,92)(H,79,95)(H,80,90)(H4,67,68,69)/t33-,34-,36+,37-,38-,39-,40-,42-,43-,44-,45-,46-,47+,48-,49+/m0/s1/i11D. The molecule has 99 heavy (non-hydrogen) atoms. The molecule has 34 nitrogen and oxygen atoms in total. The molecule has 1 aliphatic heterocycles. The van der Waals surface area contributed by atoms with Gasteiger partial charge in [0.15, 0.2) is 24.2 Å². The van der Waals surface area contributed by atoms with Gasteiger partial charge in [-0.3, -0.25) is 57.7 Å². The minimum atomic E-state index is -2.61. The van der Waals surface area contributed by atoms with Crippen LogP contribution in [0.25, 0.3) is 0 Å². The first-order chi connectivity index (χ1) is 46.3. The van der Waals surface area contributed by atoms with E-state index in [1.807, 2.05) is 10.6 Å². The van der Waals surface area contributed by atoms with Gasteiger partial charge in [-0.05, 0) is 93.9 Å². The van der Waals surface area contributed by atoms with Crippen molar-refractivity contribution in [3.05, 3.63) is 35.9 Å². The number of nitrogens with zero attached hydrogens (tertiary/aromatic N) is 1. The fourth-order valence-corrected chi connectivity index (χ4v) is 9.96. The zero-order valence-corrected chi connectivity index (χ0v) is 59.4. The first kappa shape index (κ1) is 84.5. The molecule has 558 valence electrons. The molecule has 1 aromatic rings. The Morgan fingerprint density at radius 3 is 1.73 bits per heavy atom. The highest BCUT2D eigenvalue weighted by Crippen LogP contribution is 2.27. The van der Waals surface area contributed by atoms with Gasteiger partial charge in [0.25, 0.3) is 0 Å². The number of aliphatic hydroxyl groups is 4. The predicted octanol–water partition coefficient (Wildman–Crippen LogP) is -3.09. The van der Waals surface area contributed by atoms with Crippen LogP contribution in [-0.2, 0) is 67.0 Å². The number of nitrogens with one attached hydrogen (secondary N) is 11. The second kappa shape index (κ2) is 39.1. The van der Waals surface area contributed by atoms with Crippen LogP contribution >= 0.6 is 0 Å². The summed E-state index contributed by atoms with van der Waals surface area (Å²) in [6, 6.07) is -11.9. The van der Waals surface area contributed by atoms with Crippen LogP contribution in [0.2, 0.25) is 0 Å². The van der Waals surface area contributed by atoms with E-state index >= 15 is 14.4 Å². The molecular weight excluding hydrogens is 1290 g/mol. The van der Waals surface area contributed by atoms with Crippen molar-refractivity contribution in [3.8, 4) is 0 Å². The first-order valence-electron chi connectivity index (χ1n) is 33.5. The third-order valence-electron chi connectivity index (χ3n) is 15.3. The molecule has 12 amide bonds. The Kier molecular flexibility index (Phi) is 33.4. The summed E-state index contributed by atoms with van der Waals surface area (Å²) >= 11 is 0. The van der Waals surface area contributed by atoms with E-state index in [-0.39, 0.29) is 63.5 Å². The van der Waals surface area contributed by atoms with E-state index in [0.717, 1.165) is 6.92 Å². The monoisotopic (exact) mass is 1400 g/mol. The number of amides is 12. The molecule has 1 aliphatic rings. The zero-order valence-electron chi connectivity index (χ0n) is 60.4. The quantitative estimate of drug-likeness (QED) is 0.0237. The number of rotatable bonds is 22. The van der Waals surface area contributed by atoms with Crippen molar-refractivity contribution >= 4 is 83.0 Å². The molecule has 0 bridgehead atoms. The van der Waals surface area contributed by atoms with Crippen LogP contribution in [0.1, 0.15) is 162 Å². The molecule has 1 heterocycles. The molecule has 0 radical (unpaired) electrons. The van der Waals surface area contributed by atoms with Gasteiger partial charge in [0, 0.05) is 7.92 Å². The van der Waals surface area contributed by atoms with Crippen molar-refractivity contribution in [2.45, 2.75) is 240 Å². The maximum atomic E-state index is 15.6. The fraction of sp³-hybridized carbons (Fsp3) is 0.692. The molecule has 2 rings (SSSR count). The van der Waals surface area contributed by atoms with Gasteiger partial charge >= 0.3 is 12.1 Å². The van der Waals surface area contributed by atoms with Crippen LogP contribution in [0.3, 0.4) is 0 Å². The summed E-state index contributed by atoms with van der Waals surface area (Å²) in [6.45, 7) is 21.0. The number of hydrogen-bond donors (Lipinski definition) is 18. The van der Waals surface area contributed by atoms with E-state index < -0.39 is 209 Å². The van der Waals surface area contributed by atoms with Crippen molar-refractivity contribution in [2.75, 3.05) is 19.7 Å². The summed E-state index contributed by atoms with van der Waals surface area (Å²) in [6.07, 6.45) is -9.92. The average Bonchev–Trinajstić information content (AvgIpc) is 0.811. The van der Waals surface area contributed by atoms with Crippen molar-refractivity contribution in [1.82, 2.24) is 58.5 Å². The number of hydrogen-bond acceptors (Lipinski definition) is 20. The highest BCUT2D eigenvalue weighted by molar-refractivity contribution is 6.00. The van der Waals surface area contributed by atoms with Gasteiger partial charge in [0.2, 0.25) is 65.0 Å². The number of primary amides is 1. The lowest BCUT2D eigenvalue weighted by Gasteiger charge is -2.34. The fourth-order valence-electron chi connectivity index (χ4n) is 9.96. The van der Waals surface area contributed by atoms with Crippen molar-refractivity contribution in [1.29, 1.82) is 0 Å². The van der Waals surface area contributed by atoms with E-state index in [4.69, 9.17) is 28.0 Å². The number of aliphatic hydroxyl groups excluding tert-OH is 4. The molecule has 1 fully saturated rings. The Morgan fingerprint density at radius 1 is 0.667 bits per heavy atom. The second-order valence-electron chi connectivity index (χ2n) is 28.5. The average molecular weight is 1410 g/mol. The minimum Gasteiger partial charge on any atom is -0.453 e. The van der Waals surface area contributed by atoms with Crippen molar-refractivity contribution in [2.24, 2.45) is 50.8 Å². The Balaban J connectivity index is 3.22. The molecule has 0 aliphatic carbocycles. The molecule has 21 N–H and O–H groups in total. The second-order valence-corrected chi connectivity index (χ2v) is 28.5. The Hall–Kier alpha value is -8.76. The number of alkyl carbamates (subject to hydrolysis) is 1. The number of benzene rings is 1. The molecular formula is C65H109N15O19. The third kappa shape index (κ3) is 30.1. The summed E-state index contributed by atoms with van der Waals surface area (Å²) < 4.78 is 19.6. The molecule has 0 saturated carbocycles. The van der Waals surface area contributed by atoms with Gasteiger partial charge in [-0.15, -0.1) is 0 Å². The third-order valence-corrected chi connectivity index (χ3v) is 15.3. The molecule has 15 atom stereocenters. The van der Waals surface area contributed by atoms with Crippen LogP contribution in [-0.4, -0.2) is 207 Å². The van der Waals surface area contributed by atoms with Gasteiger partial charge in [0.05, 0.1) is 25.4 Å². The van der Waals surface area contributed by atoms with Crippen LogP contribution in [0.5, 0.6) is 0 Å². The number of esters is 1. The maximum Gasteiger partial charge on any atom is 0.408 e. The maximum absolute atomic E-state index is 15.6. The van der Waals surface area contributed by atoms with Crippen LogP contribution < -0.4 is 75.7 Å². The molecule has 1 saturated heterocycles. The Morgan fingerprint density at radius 2 is 1.20 bits per heavy atom. The van der Waals surface area contributed by atoms with Gasteiger partial charge < -0.3 is 106 Å². The zero-order chi connectivity index (χ0) is 76.5. The summed E-state index contributed by atoms with van der Waals surface area (Å²) in [7, 11) is 0. The Bertz CT molecular complexity index is 3010. The van der Waals surface area contributed by atoms with E-state index in [1.54, 1.807) is 83.1 Å². The first-order valence-corrected chi connectivity index (χ1v) is 32.8. The number of cyclic esters (lactones) is 1. The van der Waals surface area contributed by atoms with Crippen molar-refractivity contribution in [3.63, 3.8) is 0 Å². The smallest absolute Gasteiger partial charge is 0.408 e. The van der Waals surface area contributed by atoms with Crippen LogP contribution in [0.4, 0.5) is 4.79 Å². The van der Waals surface area contributed by atoms with Crippen LogP contribution in [0.15, 0.2) is 35.3 Å². The van der Waals surface area contributed by atoms with Crippen molar-refractivity contribution < 1.29 is 93.6 Å². The lowest BCUT2D eigenvalue weighted by molar-refractivity contribution is -0.159. The molecule has 1 aromatic carbocycles. The van der Waals surface area contributed by atoms with Gasteiger partial charge in [-0.25, -0.2) is 9.59 Å². The normalized spacial score (nSPS) is 24.0. The largest absolute Gasteiger partial charge is 0.453 e. The molecule has 34 heteroatoms. The van der Waals surface area contributed by atoms with E-state index in [2.05, 4.69) is 52.8 Å². The molecule has 0 spiro atoms. The van der Waals surface area contributed by atoms with E-state index in [0.29, 0.717) is 0 Å². The van der Waals surface area contributed by atoms with E-state index in [1.165, 1.54) is 44.2 Å². The highest BCUT2D eigenvalue weighted by atomic mass is 16.6. The van der Waals surface area contributed by atoms with Gasteiger partial charge in [-0.1, -0.05) is 120 Å². The summed E-state index contributed by atoms with van der Waals surface area (Å²) in [5.41, 5.74) is 13.5. The lowest BCUT2D eigenvalue weighted by Crippen LogP contribution is -2.64. The number of guanidine groups is 1. The highest BCUT2D eigenvalue weighted by Gasteiger charge is 2.44. The number of aliphatic imine (C=N–C) groups is 1. The molecule has 0 unspecified atom stereocenters.